The van der Waals surface area contributed by atoms with Crippen molar-refractivity contribution in [3.05, 3.63) is 29.8 Å². The molecule has 0 saturated carbocycles. The summed E-state index contributed by atoms with van der Waals surface area (Å²) in [6, 6.07) is 6.08. The van der Waals surface area contributed by atoms with Crippen LogP contribution in [0, 0.1) is 5.41 Å². The first-order valence-corrected chi connectivity index (χ1v) is 9.01. The highest BCUT2D eigenvalue weighted by Gasteiger charge is 2.23. The molecule has 0 fully saturated rings. The number of nitrogens with one attached hydrogen (secondary N) is 1. The van der Waals surface area contributed by atoms with Gasteiger partial charge in [-0.3, -0.25) is 4.79 Å². The lowest BCUT2D eigenvalue weighted by molar-refractivity contribution is 0.0858. The minimum Gasteiger partial charge on any atom is -0.330 e. The van der Waals surface area contributed by atoms with Crippen molar-refractivity contribution >= 4 is 15.8 Å². The second-order valence-corrected chi connectivity index (χ2v) is 8.12. The molecule has 1 rings (SSSR count). The summed E-state index contributed by atoms with van der Waals surface area (Å²) in [4.78, 5) is 12.3. The van der Waals surface area contributed by atoms with Gasteiger partial charge in [0.15, 0.2) is 5.78 Å². The minimum atomic E-state index is -3.52. The van der Waals surface area contributed by atoms with Crippen molar-refractivity contribution in [3.8, 4) is 0 Å². The Labute approximate surface area is 133 Å². The first kappa shape index (κ1) is 18.8. The second-order valence-electron chi connectivity index (χ2n) is 6.35. The van der Waals surface area contributed by atoms with Gasteiger partial charge in [-0.15, -0.1) is 0 Å². The molecule has 0 aliphatic rings. The number of hydrogen-bond donors (Lipinski definition) is 2. The Bertz CT molecular complexity index is 587. The maximum Gasteiger partial charge on any atom is 0.240 e. The Balaban J connectivity index is 2.71. The van der Waals surface area contributed by atoms with Crippen molar-refractivity contribution in [2.24, 2.45) is 11.1 Å². The van der Waals surface area contributed by atoms with Crippen LogP contribution < -0.4 is 10.5 Å². The van der Waals surface area contributed by atoms with E-state index in [4.69, 9.17) is 5.73 Å². The maximum atomic E-state index is 12.1. The Morgan fingerprint density at radius 3 is 2.18 bits per heavy atom. The minimum absolute atomic E-state index is 0.00816. The molecule has 0 saturated heterocycles. The average Bonchev–Trinajstić information content (AvgIpc) is 2.45. The van der Waals surface area contributed by atoms with Gasteiger partial charge in [-0.2, -0.15) is 0 Å². The summed E-state index contributed by atoms with van der Waals surface area (Å²) < 4.78 is 26.8. The first-order valence-electron chi connectivity index (χ1n) is 7.53. The lowest BCUT2D eigenvalue weighted by atomic mass is 9.87. The number of nitrogens with two attached hydrogens (primary N) is 1. The molecule has 6 heteroatoms. The number of unbranched alkanes of at least 4 members (excludes halogenated alkanes) is 2. The van der Waals surface area contributed by atoms with Crippen LogP contribution in [-0.4, -0.2) is 27.3 Å². The first-order chi connectivity index (χ1) is 10.2. The molecule has 3 N–H and O–H groups in total. The van der Waals surface area contributed by atoms with E-state index in [1.807, 2.05) is 20.8 Å². The van der Waals surface area contributed by atoms with E-state index in [2.05, 4.69) is 4.72 Å². The van der Waals surface area contributed by atoms with E-state index >= 15 is 0 Å². The molecule has 1 aromatic carbocycles. The summed E-state index contributed by atoms with van der Waals surface area (Å²) in [7, 11) is -3.52. The van der Waals surface area contributed by atoms with Gasteiger partial charge in [0, 0.05) is 17.5 Å². The molecule has 0 aliphatic heterocycles. The molecule has 0 radical (unpaired) electrons. The van der Waals surface area contributed by atoms with Crippen LogP contribution in [0.25, 0.3) is 0 Å². The van der Waals surface area contributed by atoms with Gasteiger partial charge in [0.05, 0.1) is 4.90 Å². The number of ketones is 1. The topological polar surface area (TPSA) is 89.3 Å². The molecular formula is C16H26N2O3S. The number of benzene rings is 1. The SMILES string of the molecule is CC(C)(C)C(=O)c1ccc(S(=O)(=O)NCCCCCN)cc1. The van der Waals surface area contributed by atoms with Crippen LogP contribution in [0.1, 0.15) is 50.4 Å². The van der Waals surface area contributed by atoms with Crippen LogP contribution in [0.2, 0.25) is 0 Å². The normalized spacial score (nSPS) is 12.4. The van der Waals surface area contributed by atoms with Gasteiger partial charge in [0.1, 0.15) is 0 Å². The fourth-order valence-electron chi connectivity index (χ4n) is 1.95. The third-order valence-corrected chi connectivity index (χ3v) is 4.76. The van der Waals surface area contributed by atoms with Gasteiger partial charge >= 0.3 is 0 Å². The Morgan fingerprint density at radius 1 is 1.09 bits per heavy atom. The molecule has 22 heavy (non-hydrogen) atoms. The van der Waals surface area contributed by atoms with E-state index in [1.54, 1.807) is 12.1 Å². The van der Waals surface area contributed by atoms with Gasteiger partial charge in [0.2, 0.25) is 10.0 Å². The standard InChI is InChI=1S/C16H26N2O3S/c1-16(2,3)15(19)13-7-9-14(10-8-13)22(20,21)18-12-6-4-5-11-17/h7-10,18H,4-6,11-12,17H2,1-3H3. The lowest BCUT2D eigenvalue weighted by Gasteiger charge is -2.16. The van der Waals surface area contributed by atoms with Gasteiger partial charge in [-0.1, -0.05) is 39.3 Å². The number of carbonyl (C=O) groups is 1. The largest absolute Gasteiger partial charge is 0.330 e. The van der Waals surface area contributed by atoms with Crippen LogP contribution in [0.15, 0.2) is 29.2 Å². The van der Waals surface area contributed by atoms with Gasteiger partial charge < -0.3 is 5.73 Å². The Morgan fingerprint density at radius 2 is 1.68 bits per heavy atom. The molecule has 0 aromatic heterocycles. The monoisotopic (exact) mass is 326 g/mol. The summed E-state index contributed by atoms with van der Waals surface area (Å²) >= 11 is 0. The van der Waals surface area contributed by atoms with Crippen molar-refractivity contribution in [2.45, 2.75) is 44.9 Å². The molecule has 0 aliphatic carbocycles. The lowest BCUT2D eigenvalue weighted by Crippen LogP contribution is -2.25. The van der Waals surface area contributed by atoms with E-state index in [0.29, 0.717) is 18.7 Å². The fraction of sp³-hybridized carbons (Fsp3) is 0.562. The number of sulfonamides is 1. The Hall–Kier alpha value is -1.24. The van der Waals surface area contributed by atoms with Crippen LogP contribution in [0.5, 0.6) is 0 Å². The van der Waals surface area contributed by atoms with Crippen LogP contribution in [0.4, 0.5) is 0 Å². The van der Waals surface area contributed by atoms with E-state index in [0.717, 1.165) is 19.3 Å². The predicted molar refractivity (Wildman–Crippen MR) is 88.3 cm³/mol. The molecule has 0 heterocycles. The quantitative estimate of drug-likeness (QED) is 0.567. The van der Waals surface area contributed by atoms with Gasteiger partial charge in [-0.25, -0.2) is 13.1 Å². The number of Topliss-reactive ketones (excluding diaryl/α,β-unsaturated/α-hetero) is 1. The van der Waals surface area contributed by atoms with Crippen molar-refractivity contribution in [1.29, 1.82) is 0 Å². The number of carbonyl (C=O) groups excluding carboxylic acids is 1. The second kappa shape index (κ2) is 7.85. The van der Waals surface area contributed by atoms with Gasteiger partial charge in [0.25, 0.3) is 0 Å². The summed E-state index contributed by atoms with van der Waals surface area (Å²) in [5.74, 6) is -0.00816. The zero-order chi connectivity index (χ0) is 16.8. The van der Waals surface area contributed by atoms with Crippen LogP contribution in [0.3, 0.4) is 0 Å². The highest BCUT2D eigenvalue weighted by Crippen LogP contribution is 2.21. The molecular weight excluding hydrogens is 300 g/mol. The summed E-state index contributed by atoms with van der Waals surface area (Å²) in [5, 5.41) is 0. The highest BCUT2D eigenvalue weighted by atomic mass is 32.2. The average molecular weight is 326 g/mol. The molecule has 0 atom stereocenters. The highest BCUT2D eigenvalue weighted by molar-refractivity contribution is 7.89. The van der Waals surface area contributed by atoms with Crippen LogP contribution >= 0.6 is 0 Å². The zero-order valence-electron chi connectivity index (χ0n) is 13.6. The number of rotatable bonds is 8. The third kappa shape index (κ3) is 5.51. The van der Waals surface area contributed by atoms with E-state index in [9.17, 15) is 13.2 Å². The Kier molecular flexibility index (Phi) is 6.71. The molecule has 5 nitrogen and oxygen atoms in total. The van der Waals surface area contributed by atoms with Gasteiger partial charge in [-0.05, 0) is 31.5 Å². The maximum absolute atomic E-state index is 12.1. The summed E-state index contributed by atoms with van der Waals surface area (Å²) in [5.41, 5.74) is 5.43. The predicted octanol–water partition coefficient (Wildman–Crippen LogP) is 2.32. The van der Waals surface area contributed by atoms with E-state index in [-0.39, 0.29) is 10.7 Å². The van der Waals surface area contributed by atoms with Crippen molar-refractivity contribution in [1.82, 2.24) is 4.72 Å². The fourth-order valence-corrected chi connectivity index (χ4v) is 3.03. The summed E-state index contributed by atoms with van der Waals surface area (Å²) in [6.07, 6.45) is 2.56. The molecule has 0 bridgehead atoms. The number of hydrogen-bond acceptors (Lipinski definition) is 4. The van der Waals surface area contributed by atoms with E-state index in [1.165, 1.54) is 12.1 Å². The molecule has 0 amide bonds. The smallest absolute Gasteiger partial charge is 0.240 e. The molecule has 124 valence electrons. The zero-order valence-corrected chi connectivity index (χ0v) is 14.4. The molecule has 0 unspecified atom stereocenters. The summed E-state index contributed by atoms with van der Waals surface area (Å²) in [6.45, 7) is 6.52. The third-order valence-electron chi connectivity index (χ3n) is 3.28. The molecule has 0 spiro atoms. The van der Waals surface area contributed by atoms with Crippen LogP contribution in [-0.2, 0) is 10.0 Å². The van der Waals surface area contributed by atoms with E-state index < -0.39 is 15.4 Å². The molecule has 1 aromatic rings. The van der Waals surface area contributed by atoms with Crippen molar-refractivity contribution < 1.29 is 13.2 Å². The van der Waals surface area contributed by atoms with Crippen molar-refractivity contribution in [2.75, 3.05) is 13.1 Å². The van der Waals surface area contributed by atoms with Crippen molar-refractivity contribution in [3.63, 3.8) is 0 Å².